The topological polar surface area (TPSA) is 97.7 Å². The van der Waals surface area contributed by atoms with Crippen LogP contribution >= 0.6 is 23.1 Å². The molecule has 0 fully saturated rings. The minimum Gasteiger partial charge on any atom is -0.448 e. The van der Waals surface area contributed by atoms with E-state index in [0.717, 1.165) is 14.7 Å². The van der Waals surface area contributed by atoms with Crippen LogP contribution < -0.4 is 5.43 Å². The average Bonchev–Trinajstić information content (AvgIpc) is 3.35. The Hall–Kier alpha value is -3.43. The minimum atomic E-state index is -0.462. The van der Waals surface area contributed by atoms with E-state index in [2.05, 4.69) is 10.5 Å². The van der Waals surface area contributed by atoms with Crippen LogP contribution in [-0.4, -0.2) is 17.0 Å². The number of hydrogen-bond acceptors (Lipinski definition) is 7. The summed E-state index contributed by atoms with van der Waals surface area (Å²) in [5.41, 5.74) is 3.63. The van der Waals surface area contributed by atoms with Crippen LogP contribution in [0.5, 0.6) is 0 Å². The Bertz CT molecular complexity index is 1260. The van der Waals surface area contributed by atoms with Gasteiger partial charge in [0, 0.05) is 27.1 Å². The minimum absolute atomic E-state index is 0.0117. The van der Waals surface area contributed by atoms with Gasteiger partial charge in [-0.25, -0.2) is 5.43 Å². The number of carbonyl (C=O) groups is 1. The number of non-ortho nitro benzene ring substituents is 1. The van der Waals surface area contributed by atoms with Crippen molar-refractivity contribution in [1.29, 1.82) is 0 Å². The molecule has 0 bridgehead atoms. The van der Waals surface area contributed by atoms with Gasteiger partial charge in [0.2, 0.25) is 0 Å². The number of fused-ring (bicyclic) bond motifs is 1. The highest BCUT2D eigenvalue weighted by molar-refractivity contribution is 7.99. The quantitative estimate of drug-likeness (QED) is 0.240. The van der Waals surface area contributed by atoms with Gasteiger partial charge in [0.25, 0.3) is 11.6 Å². The van der Waals surface area contributed by atoms with Gasteiger partial charge >= 0.3 is 0 Å². The first-order valence-electron chi connectivity index (χ1n) is 8.84. The van der Waals surface area contributed by atoms with Crippen LogP contribution in [0.15, 0.2) is 80.2 Å². The number of nitro benzene ring substituents is 1. The number of carbonyl (C=O) groups excluding carboxylic acids is 1. The first-order valence-corrected chi connectivity index (χ1v) is 10.5. The number of amides is 1. The van der Waals surface area contributed by atoms with E-state index >= 15 is 0 Å². The van der Waals surface area contributed by atoms with Gasteiger partial charge in [0.05, 0.1) is 16.0 Å². The van der Waals surface area contributed by atoms with Crippen molar-refractivity contribution in [3.63, 3.8) is 0 Å². The first kappa shape index (κ1) is 19.9. The normalized spacial score (nSPS) is 11.2. The monoisotopic (exact) mass is 437 g/mol. The molecular weight excluding hydrogens is 422 g/mol. The van der Waals surface area contributed by atoms with Crippen molar-refractivity contribution in [3.05, 3.63) is 87.0 Å². The second-order valence-electron chi connectivity index (χ2n) is 6.36. The summed E-state index contributed by atoms with van der Waals surface area (Å²) in [6.45, 7) is 2.03. The molecule has 7 nitrogen and oxygen atoms in total. The molecule has 9 heteroatoms. The van der Waals surface area contributed by atoms with E-state index in [1.54, 1.807) is 18.2 Å². The largest absolute Gasteiger partial charge is 0.448 e. The van der Waals surface area contributed by atoms with Crippen LogP contribution in [-0.2, 0) is 0 Å². The Morgan fingerprint density at radius 2 is 1.97 bits per heavy atom. The zero-order valence-corrected chi connectivity index (χ0v) is 17.3. The third-order valence-electron chi connectivity index (χ3n) is 4.13. The molecule has 1 N–H and O–H groups in total. The molecule has 0 saturated heterocycles. The molecule has 0 radical (unpaired) electrons. The Morgan fingerprint density at radius 1 is 1.17 bits per heavy atom. The first-order chi connectivity index (χ1) is 14.5. The number of thiophene rings is 1. The van der Waals surface area contributed by atoms with Gasteiger partial charge in [-0.2, -0.15) is 5.10 Å². The Labute approximate surface area is 179 Å². The summed E-state index contributed by atoms with van der Waals surface area (Å²) in [6.07, 6.45) is 1.43. The lowest BCUT2D eigenvalue weighted by Crippen LogP contribution is -2.15. The van der Waals surface area contributed by atoms with Gasteiger partial charge in [0.1, 0.15) is 5.76 Å². The van der Waals surface area contributed by atoms with Crippen LogP contribution in [0.3, 0.4) is 0 Å². The van der Waals surface area contributed by atoms with Crippen LogP contribution in [0.2, 0.25) is 0 Å². The fourth-order valence-corrected chi connectivity index (χ4v) is 4.36. The molecule has 0 atom stereocenters. The summed E-state index contributed by atoms with van der Waals surface area (Å²) >= 11 is 2.74. The van der Waals surface area contributed by atoms with Crippen LogP contribution in [0.4, 0.5) is 5.69 Å². The molecule has 0 spiro atoms. The number of hydrazone groups is 1. The lowest BCUT2D eigenvalue weighted by molar-refractivity contribution is -0.384. The summed E-state index contributed by atoms with van der Waals surface area (Å²) in [5.74, 6) is 0.118. The highest BCUT2D eigenvalue weighted by atomic mass is 32.2. The standard InChI is InChI=1S/C21H15N3O4S2/c1-13-2-6-17(7-3-13)29-20-9-5-16(28-20)12-22-23-21(25)19-11-14-10-15(24(26)27)4-8-18(14)30-19/h2-12H,1H3,(H,23,25). The van der Waals surface area contributed by atoms with Gasteiger partial charge in [-0.15, -0.1) is 11.3 Å². The van der Waals surface area contributed by atoms with Crippen LogP contribution in [0.25, 0.3) is 10.1 Å². The Kier molecular flexibility index (Phi) is 5.64. The molecule has 4 rings (SSSR count). The van der Waals surface area contributed by atoms with E-state index in [1.807, 2.05) is 37.3 Å². The molecular formula is C21H15N3O4S2. The molecule has 150 valence electrons. The van der Waals surface area contributed by atoms with Crippen LogP contribution in [0.1, 0.15) is 21.0 Å². The maximum absolute atomic E-state index is 12.3. The predicted molar refractivity (Wildman–Crippen MR) is 118 cm³/mol. The summed E-state index contributed by atoms with van der Waals surface area (Å²) < 4.78 is 6.48. The van der Waals surface area contributed by atoms with E-state index in [4.69, 9.17) is 4.42 Å². The number of rotatable bonds is 6. The van der Waals surface area contributed by atoms with Crippen molar-refractivity contribution in [2.24, 2.45) is 5.10 Å². The Morgan fingerprint density at radius 3 is 2.73 bits per heavy atom. The van der Waals surface area contributed by atoms with Crippen LogP contribution in [0, 0.1) is 17.0 Å². The molecule has 0 aliphatic carbocycles. The number of furan rings is 1. The van der Waals surface area contributed by atoms with Crippen molar-refractivity contribution < 1.29 is 14.1 Å². The summed E-state index contributed by atoms with van der Waals surface area (Å²) in [7, 11) is 0. The maximum Gasteiger partial charge on any atom is 0.281 e. The van der Waals surface area contributed by atoms with Gasteiger partial charge < -0.3 is 4.42 Å². The summed E-state index contributed by atoms with van der Waals surface area (Å²) in [6, 6.07) is 17.8. The summed E-state index contributed by atoms with van der Waals surface area (Å²) in [5, 5.41) is 16.2. The molecule has 2 aromatic heterocycles. The van der Waals surface area contributed by atoms with E-state index in [0.29, 0.717) is 16.0 Å². The molecule has 4 aromatic rings. The molecule has 0 aliphatic rings. The van der Waals surface area contributed by atoms with Crippen molar-refractivity contribution in [2.75, 3.05) is 0 Å². The smallest absolute Gasteiger partial charge is 0.281 e. The number of aryl methyl sites for hydroxylation is 1. The molecule has 30 heavy (non-hydrogen) atoms. The molecule has 2 heterocycles. The highest BCUT2D eigenvalue weighted by Crippen LogP contribution is 2.30. The van der Waals surface area contributed by atoms with Crippen molar-refractivity contribution in [1.82, 2.24) is 5.43 Å². The highest BCUT2D eigenvalue weighted by Gasteiger charge is 2.13. The molecule has 0 aliphatic heterocycles. The average molecular weight is 438 g/mol. The maximum atomic E-state index is 12.3. The molecule has 1 amide bonds. The molecule has 0 unspecified atom stereocenters. The third kappa shape index (κ3) is 4.58. The zero-order valence-electron chi connectivity index (χ0n) is 15.7. The second-order valence-corrected chi connectivity index (χ2v) is 8.52. The lowest BCUT2D eigenvalue weighted by Gasteiger charge is -1.98. The van der Waals surface area contributed by atoms with Gasteiger partial charge in [-0.3, -0.25) is 14.9 Å². The molecule has 0 saturated carbocycles. The number of nitrogens with one attached hydrogen (secondary N) is 1. The SMILES string of the molecule is Cc1ccc(Sc2ccc(C=NNC(=O)c3cc4cc([N+](=O)[O-])ccc4s3)o2)cc1. The van der Waals surface area contributed by atoms with E-state index in [9.17, 15) is 14.9 Å². The van der Waals surface area contributed by atoms with E-state index < -0.39 is 10.8 Å². The number of hydrogen-bond donors (Lipinski definition) is 1. The lowest BCUT2D eigenvalue weighted by atomic mass is 10.2. The van der Waals surface area contributed by atoms with E-state index in [1.165, 1.54) is 47.0 Å². The van der Waals surface area contributed by atoms with Crippen molar-refractivity contribution in [3.8, 4) is 0 Å². The zero-order chi connectivity index (χ0) is 21.1. The predicted octanol–water partition coefficient (Wildman–Crippen LogP) is 5.63. The van der Waals surface area contributed by atoms with Crippen molar-refractivity contribution >= 4 is 51.0 Å². The molecule has 2 aromatic carbocycles. The third-order valence-corrected chi connectivity index (χ3v) is 6.18. The summed E-state index contributed by atoms with van der Waals surface area (Å²) in [4.78, 5) is 24.2. The van der Waals surface area contributed by atoms with Gasteiger partial charge in [0.15, 0.2) is 5.09 Å². The van der Waals surface area contributed by atoms with Crippen molar-refractivity contribution in [2.45, 2.75) is 16.9 Å². The second kappa shape index (κ2) is 8.52. The Balaban J connectivity index is 1.39. The van der Waals surface area contributed by atoms with Gasteiger partial charge in [-0.1, -0.05) is 29.5 Å². The number of benzene rings is 2. The number of nitrogens with zero attached hydrogens (tertiary/aromatic N) is 2. The van der Waals surface area contributed by atoms with Gasteiger partial charge in [-0.05, 0) is 43.3 Å². The fraction of sp³-hybridized carbons (Fsp3) is 0.0476. The number of nitro groups is 1. The fourth-order valence-electron chi connectivity index (χ4n) is 2.65. The van der Waals surface area contributed by atoms with E-state index in [-0.39, 0.29) is 5.69 Å².